The van der Waals surface area contributed by atoms with Gasteiger partial charge in [0.2, 0.25) is 5.91 Å². The summed E-state index contributed by atoms with van der Waals surface area (Å²) in [5.74, 6) is 0.461. The molecule has 1 saturated carbocycles. The van der Waals surface area contributed by atoms with Crippen LogP contribution in [-0.4, -0.2) is 49.2 Å². The second-order valence-electron chi connectivity index (χ2n) is 4.26. The number of carbonyl (C=O) groups is 1. The smallest absolute Gasteiger partial charge is 0.221 e. The average Bonchev–Trinajstić information content (AvgIpc) is 2.93. The first-order chi connectivity index (χ1) is 6.59. The summed E-state index contributed by atoms with van der Waals surface area (Å²) < 4.78 is 0. The van der Waals surface area contributed by atoms with E-state index in [0.29, 0.717) is 18.9 Å². The molecule has 0 aromatic rings. The molecule has 0 heterocycles. The lowest BCUT2D eigenvalue weighted by Crippen LogP contribution is -2.34. The van der Waals surface area contributed by atoms with Gasteiger partial charge in [-0.3, -0.25) is 4.79 Å². The van der Waals surface area contributed by atoms with E-state index in [2.05, 4.69) is 5.32 Å². The highest BCUT2D eigenvalue weighted by Gasteiger charge is 2.29. The number of aliphatic hydroxyl groups excluding tert-OH is 1. The van der Waals surface area contributed by atoms with Gasteiger partial charge in [-0.25, -0.2) is 0 Å². The van der Waals surface area contributed by atoms with E-state index in [4.69, 9.17) is 0 Å². The van der Waals surface area contributed by atoms with Crippen LogP contribution in [0.15, 0.2) is 0 Å². The first-order valence-corrected chi connectivity index (χ1v) is 5.19. The van der Waals surface area contributed by atoms with E-state index in [1.165, 1.54) is 0 Å². The summed E-state index contributed by atoms with van der Waals surface area (Å²) in [7, 11) is 3.87. The molecule has 0 aromatic carbocycles. The molecule has 0 spiro atoms. The minimum atomic E-state index is -0.335. The van der Waals surface area contributed by atoms with Crippen molar-refractivity contribution >= 4 is 5.91 Å². The largest absolute Gasteiger partial charge is 0.391 e. The normalized spacial score (nSPS) is 18.3. The predicted molar refractivity (Wildman–Crippen MR) is 54.9 cm³/mol. The number of rotatable bonds is 6. The third-order valence-corrected chi connectivity index (χ3v) is 2.46. The Bertz CT molecular complexity index is 191. The Labute approximate surface area is 85.3 Å². The molecule has 1 rings (SSSR count). The predicted octanol–water partition coefficient (Wildman–Crippen LogP) is -0.175. The van der Waals surface area contributed by atoms with Crippen molar-refractivity contribution in [1.29, 1.82) is 0 Å². The Morgan fingerprint density at radius 2 is 2.21 bits per heavy atom. The fraction of sp³-hybridized carbons (Fsp3) is 0.900. The van der Waals surface area contributed by atoms with Crippen molar-refractivity contribution in [3.8, 4) is 0 Å². The molecule has 14 heavy (non-hydrogen) atoms. The Morgan fingerprint density at radius 3 is 2.71 bits per heavy atom. The molecule has 0 aromatic heterocycles. The molecule has 1 amide bonds. The van der Waals surface area contributed by atoms with E-state index in [-0.39, 0.29) is 12.0 Å². The van der Waals surface area contributed by atoms with Gasteiger partial charge < -0.3 is 15.3 Å². The maximum atomic E-state index is 11.2. The van der Waals surface area contributed by atoms with Gasteiger partial charge in [-0.2, -0.15) is 0 Å². The van der Waals surface area contributed by atoms with Gasteiger partial charge in [0.05, 0.1) is 6.10 Å². The van der Waals surface area contributed by atoms with E-state index in [9.17, 15) is 9.90 Å². The molecule has 4 heteroatoms. The molecule has 1 fully saturated rings. The molecule has 1 aliphatic rings. The number of carbonyl (C=O) groups excluding carboxylic acids is 1. The quantitative estimate of drug-likeness (QED) is 0.625. The van der Waals surface area contributed by atoms with Crippen LogP contribution >= 0.6 is 0 Å². The summed E-state index contributed by atoms with van der Waals surface area (Å²) in [4.78, 5) is 13.2. The number of nitrogens with zero attached hydrogens (tertiary/aromatic N) is 1. The third kappa shape index (κ3) is 4.58. The lowest BCUT2D eigenvalue weighted by molar-refractivity contribution is -0.121. The molecule has 1 aliphatic carbocycles. The minimum Gasteiger partial charge on any atom is -0.391 e. The van der Waals surface area contributed by atoms with Crippen LogP contribution in [0.3, 0.4) is 0 Å². The van der Waals surface area contributed by atoms with Gasteiger partial charge in [-0.15, -0.1) is 0 Å². The Hall–Kier alpha value is -0.610. The van der Waals surface area contributed by atoms with E-state index in [1.54, 1.807) is 0 Å². The Morgan fingerprint density at radius 1 is 1.57 bits per heavy atom. The molecule has 0 bridgehead atoms. The molecule has 0 aliphatic heterocycles. The monoisotopic (exact) mass is 200 g/mol. The summed E-state index contributed by atoms with van der Waals surface area (Å²) in [5.41, 5.74) is 0. The first kappa shape index (κ1) is 11.5. The van der Waals surface area contributed by atoms with Crippen molar-refractivity contribution < 1.29 is 9.90 Å². The van der Waals surface area contributed by atoms with E-state index in [0.717, 1.165) is 19.4 Å². The highest BCUT2D eigenvalue weighted by molar-refractivity contribution is 5.76. The van der Waals surface area contributed by atoms with Crippen LogP contribution < -0.4 is 5.32 Å². The summed E-state index contributed by atoms with van der Waals surface area (Å²) in [6.45, 7) is 1.17. The molecule has 1 atom stereocenters. The van der Waals surface area contributed by atoms with Crippen LogP contribution in [-0.2, 0) is 4.79 Å². The number of nitrogens with one attached hydrogen (secondary N) is 1. The van der Waals surface area contributed by atoms with Gasteiger partial charge in [0, 0.05) is 19.5 Å². The van der Waals surface area contributed by atoms with Gasteiger partial charge in [-0.05, 0) is 32.9 Å². The summed E-state index contributed by atoms with van der Waals surface area (Å²) >= 11 is 0. The third-order valence-electron chi connectivity index (χ3n) is 2.46. The van der Waals surface area contributed by atoms with Gasteiger partial charge in [0.15, 0.2) is 0 Å². The van der Waals surface area contributed by atoms with Crippen LogP contribution in [0.25, 0.3) is 0 Å². The average molecular weight is 200 g/mol. The number of hydrogen-bond donors (Lipinski definition) is 2. The van der Waals surface area contributed by atoms with Crippen molar-refractivity contribution in [2.75, 3.05) is 27.2 Å². The molecule has 4 nitrogen and oxygen atoms in total. The molecule has 0 saturated heterocycles. The standard InChI is InChI=1S/C10H20N2O2/c1-12(2)6-5-10(14)11-7-9(13)8-3-4-8/h8-9,13H,3-7H2,1-2H3,(H,11,14). The van der Waals surface area contributed by atoms with Crippen LogP contribution in [0, 0.1) is 5.92 Å². The fourth-order valence-electron chi connectivity index (χ4n) is 1.28. The molecule has 2 N–H and O–H groups in total. The number of amides is 1. The zero-order chi connectivity index (χ0) is 10.6. The van der Waals surface area contributed by atoms with E-state index >= 15 is 0 Å². The SMILES string of the molecule is CN(C)CCC(=O)NCC(O)C1CC1. The zero-order valence-corrected chi connectivity index (χ0v) is 8.99. The van der Waals surface area contributed by atoms with E-state index in [1.807, 2.05) is 19.0 Å². The van der Waals surface area contributed by atoms with Crippen molar-refractivity contribution in [1.82, 2.24) is 10.2 Å². The van der Waals surface area contributed by atoms with Crippen molar-refractivity contribution in [3.63, 3.8) is 0 Å². The second kappa shape index (κ2) is 5.32. The first-order valence-electron chi connectivity index (χ1n) is 5.19. The highest BCUT2D eigenvalue weighted by Crippen LogP contribution is 2.32. The van der Waals surface area contributed by atoms with Crippen LogP contribution in [0.1, 0.15) is 19.3 Å². The van der Waals surface area contributed by atoms with Crippen LogP contribution in [0.2, 0.25) is 0 Å². The molecule has 1 unspecified atom stereocenters. The van der Waals surface area contributed by atoms with Gasteiger partial charge in [0.1, 0.15) is 0 Å². The number of hydrogen-bond acceptors (Lipinski definition) is 3. The fourth-order valence-corrected chi connectivity index (χ4v) is 1.28. The van der Waals surface area contributed by atoms with Crippen molar-refractivity contribution in [2.45, 2.75) is 25.4 Å². The van der Waals surface area contributed by atoms with Gasteiger partial charge >= 0.3 is 0 Å². The Balaban J connectivity index is 2.02. The minimum absolute atomic E-state index is 0.0263. The second-order valence-corrected chi connectivity index (χ2v) is 4.26. The lowest BCUT2D eigenvalue weighted by Gasteiger charge is -2.12. The highest BCUT2D eigenvalue weighted by atomic mass is 16.3. The Kier molecular flexibility index (Phi) is 4.35. The van der Waals surface area contributed by atoms with Crippen molar-refractivity contribution in [3.05, 3.63) is 0 Å². The summed E-state index contributed by atoms with van der Waals surface area (Å²) in [6, 6.07) is 0. The molecular weight excluding hydrogens is 180 g/mol. The van der Waals surface area contributed by atoms with Crippen LogP contribution in [0.4, 0.5) is 0 Å². The maximum Gasteiger partial charge on any atom is 0.221 e. The maximum absolute atomic E-state index is 11.2. The van der Waals surface area contributed by atoms with E-state index < -0.39 is 0 Å². The molecule has 0 radical (unpaired) electrons. The summed E-state index contributed by atoms with van der Waals surface area (Å²) in [6.07, 6.45) is 2.38. The molecule has 82 valence electrons. The lowest BCUT2D eigenvalue weighted by atomic mass is 10.2. The number of aliphatic hydroxyl groups is 1. The van der Waals surface area contributed by atoms with Crippen LogP contribution in [0.5, 0.6) is 0 Å². The topological polar surface area (TPSA) is 52.6 Å². The van der Waals surface area contributed by atoms with Gasteiger partial charge in [0.25, 0.3) is 0 Å². The van der Waals surface area contributed by atoms with Crippen molar-refractivity contribution in [2.24, 2.45) is 5.92 Å². The van der Waals surface area contributed by atoms with Gasteiger partial charge in [-0.1, -0.05) is 0 Å². The summed E-state index contributed by atoms with van der Waals surface area (Å²) in [5, 5.41) is 12.2. The zero-order valence-electron chi connectivity index (χ0n) is 8.99. The molecular formula is C10H20N2O2.